The van der Waals surface area contributed by atoms with Gasteiger partial charge in [0.1, 0.15) is 0 Å². The summed E-state index contributed by atoms with van der Waals surface area (Å²) in [6, 6.07) is 0. The van der Waals surface area contributed by atoms with E-state index in [1.807, 2.05) is 0 Å². The monoisotopic (exact) mass is 394 g/mol. The molecule has 3 aliphatic rings. The highest BCUT2D eigenvalue weighted by Crippen LogP contribution is 2.13. The summed E-state index contributed by atoms with van der Waals surface area (Å²) in [7, 11) is 0. The van der Waals surface area contributed by atoms with Crippen LogP contribution in [0, 0.1) is 0 Å². The van der Waals surface area contributed by atoms with Gasteiger partial charge in [0.2, 0.25) is 0 Å². The van der Waals surface area contributed by atoms with Gasteiger partial charge in [-0.15, -0.1) is 0 Å². The largest absolute Gasteiger partial charge is 0.302 e. The number of nitrogens with zero attached hydrogens (tertiary/aromatic N) is 2. The zero-order valence-corrected chi connectivity index (χ0v) is 17.8. The van der Waals surface area contributed by atoms with Crippen LogP contribution < -0.4 is 0 Å². The molecule has 0 saturated carbocycles. The van der Waals surface area contributed by atoms with Crippen LogP contribution in [-0.4, -0.2) is 95.1 Å². The van der Waals surface area contributed by atoms with Crippen LogP contribution in [0.3, 0.4) is 0 Å². The lowest BCUT2D eigenvalue weighted by Crippen LogP contribution is -2.31. The summed E-state index contributed by atoms with van der Waals surface area (Å²) in [5.41, 5.74) is 0. The normalized spacial score (nSPS) is 31.3. The first kappa shape index (κ1) is 20.6. The van der Waals surface area contributed by atoms with Crippen molar-refractivity contribution in [2.45, 2.75) is 19.3 Å². The first-order valence-corrected chi connectivity index (χ1v) is 13.8. The fraction of sp³-hybridized carbons (Fsp3) is 1.00. The molecule has 3 fully saturated rings. The summed E-state index contributed by atoms with van der Waals surface area (Å²) in [6.07, 6.45) is 4.13. The SMILES string of the molecule is C1CSCCN2CCCSCCN(CCCSCC2)CCSC1. The second-order valence-electron chi connectivity index (χ2n) is 6.19. The topological polar surface area (TPSA) is 6.48 Å². The van der Waals surface area contributed by atoms with Crippen LogP contribution in [0.15, 0.2) is 0 Å². The van der Waals surface area contributed by atoms with Crippen molar-refractivity contribution in [3.8, 4) is 0 Å². The molecule has 0 spiro atoms. The van der Waals surface area contributed by atoms with Crippen molar-refractivity contribution in [1.82, 2.24) is 9.80 Å². The predicted octanol–water partition coefficient (Wildman–Crippen LogP) is 3.72. The van der Waals surface area contributed by atoms with Crippen LogP contribution >= 0.6 is 47.0 Å². The molecule has 6 heteroatoms. The molecule has 23 heavy (non-hydrogen) atoms. The number of hydrogen-bond donors (Lipinski definition) is 0. The Morgan fingerprint density at radius 2 is 0.696 bits per heavy atom. The summed E-state index contributed by atoms with van der Waals surface area (Å²) < 4.78 is 0. The molecular weight excluding hydrogens is 360 g/mol. The Morgan fingerprint density at radius 3 is 1.09 bits per heavy atom. The molecule has 3 saturated heterocycles. The molecule has 2 atom stereocenters. The maximum absolute atomic E-state index is 2.73. The van der Waals surface area contributed by atoms with E-state index in [4.69, 9.17) is 0 Å². The Hall–Kier alpha value is 1.32. The van der Waals surface area contributed by atoms with Gasteiger partial charge in [0.05, 0.1) is 0 Å². The lowest BCUT2D eigenvalue weighted by atomic mass is 10.4. The highest BCUT2D eigenvalue weighted by molar-refractivity contribution is 8.00. The van der Waals surface area contributed by atoms with Crippen molar-refractivity contribution in [1.29, 1.82) is 0 Å². The lowest BCUT2D eigenvalue weighted by Gasteiger charge is -2.24. The second-order valence-corrected chi connectivity index (χ2v) is 11.1. The van der Waals surface area contributed by atoms with Crippen LogP contribution in [0.4, 0.5) is 0 Å². The zero-order chi connectivity index (χ0) is 16.0. The molecule has 2 unspecified atom stereocenters. The predicted molar refractivity (Wildman–Crippen MR) is 116 cm³/mol. The van der Waals surface area contributed by atoms with Gasteiger partial charge in [0, 0.05) is 49.2 Å². The molecule has 3 rings (SSSR count). The first-order chi connectivity index (χ1) is 11.4. The summed E-state index contributed by atoms with van der Waals surface area (Å²) in [5.74, 6) is 10.7. The van der Waals surface area contributed by atoms with E-state index in [1.165, 1.54) is 105 Å². The van der Waals surface area contributed by atoms with Crippen molar-refractivity contribution in [3.63, 3.8) is 0 Å². The molecule has 0 N–H and O–H groups in total. The van der Waals surface area contributed by atoms with Gasteiger partial charge in [-0.1, -0.05) is 0 Å². The van der Waals surface area contributed by atoms with Gasteiger partial charge in [0.25, 0.3) is 0 Å². The molecule has 3 heterocycles. The van der Waals surface area contributed by atoms with E-state index >= 15 is 0 Å². The third-order valence-electron chi connectivity index (χ3n) is 4.31. The van der Waals surface area contributed by atoms with Gasteiger partial charge in [-0.05, 0) is 55.4 Å². The summed E-state index contributed by atoms with van der Waals surface area (Å²) in [4.78, 5) is 5.46. The molecular formula is C17H34N2S4. The van der Waals surface area contributed by atoms with Crippen molar-refractivity contribution in [3.05, 3.63) is 0 Å². The molecule has 0 aliphatic carbocycles. The Bertz CT molecular complexity index is 234. The van der Waals surface area contributed by atoms with Crippen LogP contribution in [0.25, 0.3) is 0 Å². The molecule has 136 valence electrons. The Kier molecular flexibility index (Phi) is 13.0. The first-order valence-electron chi connectivity index (χ1n) is 9.21. The number of thioether (sulfide) groups is 4. The van der Waals surface area contributed by atoms with Crippen molar-refractivity contribution in [2.24, 2.45) is 0 Å². The van der Waals surface area contributed by atoms with Crippen molar-refractivity contribution < 1.29 is 0 Å². The van der Waals surface area contributed by atoms with Gasteiger partial charge in [-0.2, -0.15) is 47.0 Å². The van der Waals surface area contributed by atoms with Gasteiger partial charge in [-0.25, -0.2) is 0 Å². The molecule has 0 aromatic heterocycles. The summed E-state index contributed by atoms with van der Waals surface area (Å²) >= 11 is 8.69. The van der Waals surface area contributed by atoms with Gasteiger partial charge >= 0.3 is 0 Å². The maximum Gasteiger partial charge on any atom is 0.00727 e. The van der Waals surface area contributed by atoms with E-state index in [2.05, 4.69) is 56.8 Å². The number of fused-ring (bicyclic) bond motifs is 18. The van der Waals surface area contributed by atoms with Gasteiger partial charge in [0.15, 0.2) is 0 Å². The van der Waals surface area contributed by atoms with Gasteiger partial charge in [-0.3, -0.25) is 0 Å². The van der Waals surface area contributed by atoms with Crippen LogP contribution in [0.2, 0.25) is 0 Å². The summed E-state index contributed by atoms with van der Waals surface area (Å²) in [6.45, 7) is 7.83. The second kappa shape index (κ2) is 14.5. The van der Waals surface area contributed by atoms with Crippen LogP contribution in [0.1, 0.15) is 19.3 Å². The molecule has 2 nitrogen and oxygen atoms in total. The Labute approximate surface area is 161 Å². The molecule has 0 radical (unpaired) electrons. The minimum absolute atomic E-state index is 1.30. The van der Waals surface area contributed by atoms with Crippen LogP contribution in [0.5, 0.6) is 0 Å². The molecule has 3 aliphatic heterocycles. The van der Waals surface area contributed by atoms with E-state index in [9.17, 15) is 0 Å². The highest BCUT2D eigenvalue weighted by atomic mass is 32.2. The zero-order valence-electron chi connectivity index (χ0n) is 14.5. The third kappa shape index (κ3) is 10.8. The van der Waals surface area contributed by atoms with E-state index in [-0.39, 0.29) is 0 Å². The van der Waals surface area contributed by atoms with E-state index in [0.29, 0.717) is 0 Å². The smallest absolute Gasteiger partial charge is 0.00727 e. The molecule has 0 amide bonds. The minimum atomic E-state index is 1.30. The fourth-order valence-corrected chi connectivity index (χ4v) is 6.81. The Balaban J connectivity index is 1.87. The molecule has 0 aromatic rings. The van der Waals surface area contributed by atoms with Crippen LogP contribution in [-0.2, 0) is 0 Å². The molecule has 2 bridgehead atoms. The average molecular weight is 395 g/mol. The average Bonchev–Trinajstić information content (AvgIpc) is 2.57. The van der Waals surface area contributed by atoms with Crippen molar-refractivity contribution in [2.75, 3.05) is 85.3 Å². The molecule has 0 aromatic carbocycles. The van der Waals surface area contributed by atoms with Crippen molar-refractivity contribution >= 4 is 47.0 Å². The van der Waals surface area contributed by atoms with E-state index in [0.717, 1.165) is 0 Å². The maximum atomic E-state index is 2.73. The highest BCUT2D eigenvalue weighted by Gasteiger charge is 2.09. The van der Waals surface area contributed by atoms with Gasteiger partial charge < -0.3 is 9.80 Å². The number of hydrogen-bond acceptors (Lipinski definition) is 6. The summed E-state index contributed by atoms with van der Waals surface area (Å²) in [5, 5.41) is 0. The lowest BCUT2D eigenvalue weighted by molar-refractivity contribution is 0.307. The van der Waals surface area contributed by atoms with E-state index in [1.54, 1.807) is 0 Å². The minimum Gasteiger partial charge on any atom is -0.302 e. The fourth-order valence-electron chi connectivity index (χ4n) is 2.90. The quantitative estimate of drug-likeness (QED) is 0.613. The standard InChI is InChI=1S/C17H34N2S4/c1-4-18-6-15-21-11-2-5-19(7-14-20-10-1)9-17-23-13-3-12-22-16-8-18/h1-17H2. The third-order valence-corrected chi connectivity index (χ3v) is 8.51. The van der Waals surface area contributed by atoms with E-state index < -0.39 is 0 Å². The Morgan fingerprint density at radius 1 is 0.348 bits per heavy atom. The number of rotatable bonds is 0.